The molecule has 6 heteroatoms. The molecule has 1 atom stereocenters. The van der Waals surface area contributed by atoms with E-state index in [1.54, 1.807) is 4.90 Å². The lowest BCUT2D eigenvalue weighted by molar-refractivity contribution is 0.0780. The summed E-state index contributed by atoms with van der Waals surface area (Å²) >= 11 is 0. The number of hydrogen-bond donors (Lipinski definition) is 2. The Kier molecular flexibility index (Phi) is 5.16. The molecule has 6 nitrogen and oxygen atoms in total. The van der Waals surface area contributed by atoms with E-state index >= 15 is 0 Å². The van der Waals surface area contributed by atoms with Crippen molar-refractivity contribution in [3.8, 4) is 17.0 Å². The second-order valence-corrected chi connectivity index (χ2v) is 8.40. The van der Waals surface area contributed by atoms with Crippen molar-refractivity contribution in [1.82, 2.24) is 14.9 Å². The van der Waals surface area contributed by atoms with Crippen LogP contribution < -0.4 is 0 Å². The van der Waals surface area contributed by atoms with Crippen molar-refractivity contribution < 1.29 is 15.0 Å². The highest BCUT2D eigenvalue weighted by Gasteiger charge is 2.31. The van der Waals surface area contributed by atoms with Gasteiger partial charge < -0.3 is 15.1 Å². The Balaban J connectivity index is 1.39. The molecule has 5 rings (SSSR count). The van der Waals surface area contributed by atoms with Gasteiger partial charge in [0.25, 0.3) is 5.91 Å². The van der Waals surface area contributed by atoms with Crippen LogP contribution in [0.4, 0.5) is 0 Å². The Hall–Kier alpha value is -3.25. The Labute approximate surface area is 181 Å². The van der Waals surface area contributed by atoms with Crippen LogP contribution in [0.25, 0.3) is 11.1 Å². The van der Waals surface area contributed by atoms with Gasteiger partial charge in [0.1, 0.15) is 0 Å². The molecule has 1 amide bonds. The molecule has 2 heterocycles. The largest absolute Gasteiger partial charge is 0.492 e. The maximum atomic E-state index is 12.8. The van der Waals surface area contributed by atoms with Gasteiger partial charge >= 0.3 is 0 Å². The summed E-state index contributed by atoms with van der Waals surface area (Å²) in [6.45, 7) is 1.07. The zero-order chi connectivity index (χ0) is 21.4. The predicted octanol–water partition coefficient (Wildman–Crippen LogP) is 3.85. The van der Waals surface area contributed by atoms with Crippen molar-refractivity contribution in [3.63, 3.8) is 0 Å². The Morgan fingerprint density at radius 2 is 1.81 bits per heavy atom. The van der Waals surface area contributed by atoms with Crippen molar-refractivity contribution in [2.24, 2.45) is 0 Å². The average Bonchev–Trinajstić information content (AvgIpc) is 3.55. The number of carbonyl (C=O) groups is 1. The lowest BCUT2D eigenvalue weighted by Gasteiger charge is -2.19. The molecule has 1 saturated carbocycles. The standard InChI is InChI=1S/C25H25N3O3/c29-15-19-13-17(22-4-2-1-3-21(22)16-5-6-16)7-8-20(19)18-9-12-28(14-18)25(31)23-24(30)27-11-10-26-23/h1-4,7-8,10-11,13,16,18,29H,5-6,9,12,14-15H2,(H,27,30). The maximum Gasteiger partial charge on any atom is 0.278 e. The Morgan fingerprint density at radius 3 is 2.58 bits per heavy atom. The van der Waals surface area contributed by atoms with Gasteiger partial charge in [-0.25, -0.2) is 9.97 Å². The van der Waals surface area contributed by atoms with Crippen molar-refractivity contribution in [2.75, 3.05) is 13.1 Å². The second kappa shape index (κ2) is 8.12. The van der Waals surface area contributed by atoms with Crippen LogP contribution in [0.3, 0.4) is 0 Å². The zero-order valence-corrected chi connectivity index (χ0v) is 17.2. The number of amides is 1. The second-order valence-electron chi connectivity index (χ2n) is 8.40. The zero-order valence-electron chi connectivity index (χ0n) is 17.2. The fourth-order valence-corrected chi connectivity index (χ4v) is 4.65. The van der Waals surface area contributed by atoms with Gasteiger partial charge in [0.05, 0.1) is 6.61 Å². The first kappa shape index (κ1) is 19.7. The first-order valence-corrected chi connectivity index (χ1v) is 10.8. The summed E-state index contributed by atoms with van der Waals surface area (Å²) in [5, 5.41) is 20.0. The molecule has 1 saturated heterocycles. The van der Waals surface area contributed by atoms with Gasteiger partial charge in [-0.15, -0.1) is 0 Å². The van der Waals surface area contributed by atoms with Crippen molar-refractivity contribution in [2.45, 2.75) is 37.7 Å². The molecule has 2 fully saturated rings. The summed E-state index contributed by atoms with van der Waals surface area (Å²) in [4.78, 5) is 22.2. The number of hydrogen-bond acceptors (Lipinski definition) is 5. The summed E-state index contributed by atoms with van der Waals surface area (Å²) < 4.78 is 0. The van der Waals surface area contributed by atoms with Gasteiger partial charge in [0, 0.05) is 31.4 Å². The molecule has 1 aromatic heterocycles. The predicted molar refractivity (Wildman–Crippen MR) is 117 cm³/mol. The molecular weight excluding hydrogens is 390 g/mol. The highest BCUT2D eigenvalue weighted by molar-refractivity contribution is 5.94. The van der Waals surface area contributed by atoms with Crippen LogP contribution in [0.5, 0.6) is 5.88 Å². The van der Waals surface area contributed by atoms with E-state index in [0.29, 0.717) is 19.0 Å². The summed E-state index contributed by atoms with van der Waals surface area (Å²) in [6, 6.07) is 14.9. The number of aliphatic hydroxyl groups excluding tert-OH is 1. The molecule has 1 aliphatic carbocycles. The van der Waals surface area contributed by atoms with E-state index < -0.39 is 0 Å². The molecule has 2 N–H and O–H groups in total. The van der Waals surface area contributed by atoms with Gasteiger partial charge in [-0.1, -0.05) is 36.4 Å². The Morgan fingerprint density at radius 1 is 1.00 bits per heavy atom. The van der Waals surface area contributed by atoms with Gasteiger partial charge in [0.15, 0.2) is 5.69 Å². The van der Waals surface area contributed by atoms with Crippen LogP contribution >= 0.6 is 0 Å². The van der Waals surface area contributed by atoms with E-state index in [4.69, 9.17) is 0 Å². The van der Waals surface area contributed by atoms with Gasteiger partial charge in [-0.3, -0.25) is 4.79 Å². The van der Waals surface area contributed by atoms with Crippen LogP contribution in [-0.4, -0.2) is 44.1 Å². The number of rotatable bonds is 5. The number of likely N-dealkylation sites (tertiary alicyclic amines) is 1. The van der Waals surface area contributed by atoms with E-state index in [0.717, 1.165) is 23.1 Å². The smallest absolute Gasteiger partial charge is 0.278 e. The quantitative estimate of drug-likeness (QED) is 0.661. The minimum absolute atomic E-state index is 0.0161. The van der Waals surface area contributed by atoms with Crippen LogP contribution in [0.2, 0.25) is 0 Å². The van der Waals surface area contributed by atoms with Crippen LogP contribution in [0.1, 0.15) is 58.3 Å². The van der Waals surface area contributed by atoms with E-state index in [2.05, 4.69) is 52.4 Å². The molecule has 31 heavy (non-hydrogen) atoms. The minimum Gasteiger partial charge on any atom is -0.492 e. The fourth-order valence-electron chi connectivity index (χ4n) is 4.65. The lowest BCUT2D eigenvalue weighted by atomic mass is 9.89. The number of aromatic hydroxyl groups is 1. The highest BCUT2D eigenvalue weighted by Crippen LogP contribution is 2.44. The first-order valence-electron chi connectivity index (χ1n) is 10.8. The number of carbonyl (C=O) groups excluding carboxylic acids is 1. The first-order chi connectivity index (χ1) is 15.2. The third kappa shape index (κ3) is 3.79. The van der Waals surface area contributed by atoms with E-state index in [1.165, 1.54) is 36.4 Å². The molecule has 0 bridgehead atoms. The minimum atomic E-state index is -0.342. The number of aliphatic hydroxyl groups is 1. The summed E-state index contributed by atoms with van der Waals surface area (Å²) in [7, 11) is 0. The molecule has 158 valence electrons. The summed E-state index contributed by atoms with van der Waals surface area (Å²) in [5.74, 6) is 0.136. The normalized spacial score (nSPS) is 18.4. The van der Waals surface area contributed by atoms with Crippen molar-refractivity contribution in [1.29, 1.82) is 0 Å². The molecule has 2 aliphatic rings. The molecule has 2 aromatic carbocycles. The third-order valence-electron chi connectivity index (χ3n) is 6.40. The molecule has 3 aromatic rings. The Bertz CT molecular complexity index is 1130. The van der Waals surface area contributed by atoms with E-state index in [9.17, 15) is 15.0 Å². The highest BCUT2D eigenvalue weighted by atomic mass is 16.3. The molecular formula is C25H25N3O3. The van der Waals surface area contributed by atoms with E-state index in [1.807, 2.05) is 0 Å². The molecule has 1 aliphatic heterocycles. The van der Waals surface area contributed by atoms with Crippen LogP contribution in [0.15, 0.2) is 54.9 Å². The summed E-state index contributed by atoms with van der Waals surface area (Å²) in [5.41, 5.74) is 5.73. The average molecular weight is 415 g/mol. The molecule has 0 radical (unpaired) electrons. The molecule has 0 spiro atoms. The number of benzene rings is 2. The van der Waals surface area contributed by atoms with E-state index in [-0.39, 0.29) is 30.0 Å². The summed E-state index contributed by atoms with van der Waals surface area (Å²) in [6.07, 6.45) is 6.06. The monoisotopic (exact) mass is 415 g/mol. The van der Waals surface area contributed by atoms with Gasteiger partial charge in [-0.2, -0.15) is 0 Å². The van der Waals surface area contributed by atoms with Crippen LogP contribution in [-0.2, 0) is 6.61 Å². The third-order valence-corrected chi connectivity index (χ3v) is 6.40. The lowest BCUT2D eigenvalue weighted by Crippen LogP contribution is -2.29. The van der Waals surface area contributed by atoms with Crippen LogP contribution in [0, 0.1) is 0 Å². The fraction of sp³-hybridized carbons (Fsp3) is 0.320. The number of aromatic nitrogens is 2. The van der Waals surface area contributed by atoms with Gasteiger partial charge in [-0.05, 0) is 59.1 Å². The molecule has 1 unspecified atom stereocenters. The number of nitrogens with zero attached hydrogens (tertiary/aromatic N) is 3. The SMILES string of the molecule is O=C(c1nccnc1O)N1CCC(c2ccc(-c3ccccc3C3CC3)cc2CO)C1. The maximum absolute atomic E-state index is 12.8. The van der Waals surface area contributed by atoms with Crippen molar-refractivity contribution in [3.05, 3.63) is 77.2 Å². The topological polar surface area (TPSA) is 86.5 Å². The van der Waals surface area contributed by atoms with Crippen molar-refractivity contribution >= 4 is 5.91 Å². The van der Waals surface area contributed by atoms with Gasteiger partial charge in [0.2, 0.25) is 5.88 Å².